The fourth-order valence-corrected chi connectivity index (χ4v) is 4.26. The van der Waals surface area contributed by atoms with Crippen LogP contribution in [0.5, 0.6) is 0 Å². The summed E-state index contributed by atoms with van der Waals surface area (Å²) in [4.78, 5) is 9.96. The fraction of sp³-hybridized carbons (Fsp3) is 0.952. The number of aliphatic imine (C=N–C) groups is 1. The molecule has 1 aliphatic carbocycles. The van der Waals surface area contributed by atoms with E-state index in [0.29, 0.717) is 6.04 Å². The van der Waals surface area contributed by atoms with Crippen molar-refractivity contribution in [3.05, 3.63) is 0 Å². The smallest absolute Gasteiger partial charge is 0.191 e. The van der Waals surface area contributed by atoms with E-state index < -0.39 is 0 Å². The predicted octanol–water partition coefficient (Wildman–Crippen LogP) is 2.93. The van der Waals surface area contributed by atoms with Crippen LogP contribution in [0.1, 0.15) is 65.7 Å². The minimum Gasteiger partial charge on any atom is -0.357 e. The molecule has 0 spiro atoms. The summed E-state index contributed by atoms with van der Waals surface area (Å²) in [5.41, 5.74) is 0. The Balaban J connectivity index is 1.63. The Kier molecular flexibility index (Phi) is 10.4. The number of likely N-dealkylation sites (N-methyl/N-ethyl adjacent to an activating group) is 1. The lowest BCUT2D eigenvalue weighted by Crippen LogP contribution is -2.50. The molecule has 1 heterocycles. The molecule has 0 radical (unpaired) electrons. The summed E-state index contributed by atoms with van der Waals surface area (Å²) in [7, 11) is 0. The first-order valence-electron chi connectivity index (χ1n) is 11.2. The Bertz CT molecular complexity index is 384. The number of piperazine rings is 1. The van der Waals surface area contributed by atoms with Gasteiger partial charge in [0.1, 0.15) is 0 Å². The van der Waals surface area contributed by atoms with E-state index in [2.05, 4.69) is 41.2 Å². The van der Waals surface area contributed by atoms with E-state index in [0.717, 1.165) is 31.5 Å². The van der Waals surface area contributed by atoms with E-state index in [4.69, 9.17) is 4.99 Å². The van der Waals surface area contributed by atoms with E-state index in [1.807, 2.05) is 0 Å². The van der Waals surface area contributed by atoms with Crippen LogP contribution in [-0.2, 0) is 0 Å². The molecule has 26 heavy (non-hydrogen) atoms. The summed E-state index contributed by atoms with van der Waals surface area (Å²) < 4.78 is 0. The van der Waals surface area contributed by atoms with Gasteiger partial charge in [-0.3, -0.25) is 9.89 Å². The van der Waals surface area contributed by atoms with Crippen molar-refractivity contribution in [2.45, 2.75) is 71.8 Å². The van der Waals surface area contributed by atoms with Crippen molar-refractivity contribution in [3.8, 4) is 0 Å². The second kappa shape index (κ2) is 12.6. The summed E-state index contributed by atoms with van der Waals surface area (Å²) in [5, 5.41) is 6.93. The quantitative estimate of drug-likeness (QED) is 0.355. The molecule has 5 heteroatoms. The van der Waals surface area contributed by atoms with Gasteiger partial charge in [0.25, 0.3) is 0 Å². The van der Waals surface area contributed by atoms with Crippen molar-refractivity contribution in [2.75, 3.05) is 52.4 Å². The minimum atomic E-state index is 0.520. The van der Waals surface area contributed by atoms with E-state index >= 15 is 0 Å². The highest BCUT2D eigenvalue weighted by Crippen LogP contribution is 2.28. The van der Waals surface area contributed by atoms with Crippen LogP contribution in [0.3, 0.4) is 0 Å². The first kappa shape index (κ1) is 21.5. The minimum absolute atomic E-state index is 0.520. The average molecular weight is 366 g/mol. The zero-order valence-corrected chi connectivity index (χ0v) is 17.6. The van der Waals surface area contributed by atoms with Crippen LogP contribution in [0, 0.1) is 5.92 Å². The van der Waals surface area contributed by atoms with Crippen molar-refractivity contribution in [1.82, 2.24) is 20.4 Å². The van der Waals surface area contributed by atoms with Crippen molar-refractivity contribution in [2.24, 2.45) is 10.9 Å². The summed E-state index contributed by atoms with van der Waals surface area (Å²) in [6.07, 6.45) is 9.92. The van der Waals surface area contributed by atoms with Crippen LogP contribution in [0.15, 0.2) is 4.99 Å². The van der Waals surface area contributed by atoms with Gasteiger partial charge < -0.3 is 15.5 Å². The molecule has 0 bridgehead atoms. The molecule has 0 aromatic rings. The summed E-state index contributed by atoms with van der Waals surface area (Å²) in [6, 6.07) is 0.520. The van der Waals surface area contributed by atoms with Gasteiger partial charge >= 0.3 is 0 Å². The number of hydrogen-bond acceptors (Lipinski definition) is 3. The van der Waals surface area contributed by atoms with Crippen LogP contribution >= 0.6 is 0 Å². The molecule has 0 aromatic carbocycles. The van der Waals surface area contributed by atoms with Crippen LogP contribution in [-0.4, -0.2) is 74.2 Å². The van der Waals surface area contributed by atoms with Gasteiger partial charge in [0, 0.05) is 45.3 Å². The molecule has 1 atom stereocenters. The van der Waals surface area contributed by atoms with Gasteiger partial charge in [-0.1, -0.05) is 45.4 Å². The standard InChI is InChI=1S/C21H43N5/c1-4-22-21(23-13-9-8-12-20-10-6-7-11-20)24-18-19(3)26-16-14-25(5-2)15-17-26/h19-20H,4-18H2,1-3H3,(H2,22,23,24). The normalized spacial score (nSPS) is 21.9. The number of guanidine groups is 1. The van der Waals surface area contributed by atoms with Gasteiger partial charge in [-0.05, 0) is 32.7 Å². The highest BCUT2D eigenvalue weighted by Gasteiger charge is 2.20. The van der Waals surface area contributed by atoms with E-state index in [-0.39, 0.29) is 0 Å². The predicted molar refractivity (Wildman–Crippen MR) is 113 cm³/mol. The van der Waals surface area contributed by atoms with Gasteiger partial charge in [0.15, 0.2) is 5.96 Å². The molecule has 5 nitrogen and oxygen atoms in total. The molecule has 2 fully saturated rings. The SMILES string of the molecule is CCNC(=NCC(C)N1CCN(CC)CC1)NCCCCC1CCCC1. The lowest BCUT2D eigenvalue weighted by molar-refractivity contribution is 0.109. The van der Waals surface area contributed by atoms with Gasteiger partial charge in [0.05, 0.1) is 6.54 Å². The third-order valence-electron chi connectivity index (χ3n) is 6.14. The summed E-state index contributed by atoms with van der Waals surface area (Å²) in [5.74, 6) is 2.01. The Morgan fingerprint density at radius 1 is 1.04 bits per heavy atom. The van der Waals surface area contributed by atoms with Gasteiger partial charge in [-0.15, -0.1) is 0 Å². The van der Waals surface area contributed by atoms with Crippen molar-refractivity contribution in [1.29, 1.82) is 0 Å². The van der Waals surface area contributed by atoms with Crippen LogP contribution < -0.4 is 10.6 Å². The highest BCUT2D eigenvalue weighted by atomic mass is 15.3. The van der Waals surface area contributed by atoms with Crippen molar-refractivity contribution in [3.63, 3.8) is 0 Å². The number of nitrogens with zero attached hydrogens (tertiary/aromatic N) is 3. The number of hydrogen-bond donors (Lipinski definition) is 2. The summed E-state index contributed by atoms with van der Waals surface area (Å²) in [6.45, 7) is 15.5. The second-order valence-corrected chi connectivity index (χ2v) is 8.11. The molecular formula is C21H43N5. The summed E-state index contributed by atoms with van der Waals surface area (Å²) >= 11 is 0. The van der Waals surface area contributed by atoms with Gasteiger partial charge in [-0.25, -0.2) is 0 Å². The monoisotopic (exact) mass is 365 g/mol. The van der Waals surface area contributed by atoms with Crippen molar-refractivity contribution < 1.29 is 0 Å². The molecule has 0 aromatic heterocycles. The lowest BCUT2D eigenvalue weighted by Gasteiger charge is -2.37. The van der Waals surface area contributed by atoms with Crippen LogP contribution in [0.25, 0.3) is 0 Å². The molecule has 1 saturated carbocycles. The number of nitrogens with one attached hydrogen (secondary N) is 2. The maximum Gasteiger partial charge on any atom is 0.191 e. The lowest BCUT2D eigenvalue weighted by atomic mass is 10.0. The topological polar surface area (TPSA) is 42.9 Å². The first-order chi connectivity index (χ1) is 12.7. The molecule has 1 aliphatic heterocycles. The fourth-order valence-electron chi connectivity index (χ4n) is 4.26. The first-order valence-corrected chi connectivity index (χ1v) is 11.2. The van der Waals surface area contributed by atoms with Crippen molar-refractivity contribution >= 4 is 5.96 Å². The Morgan fingerprint density at radius 2 is 1.77 bits per heavy atom. The third-order valence-corrected chi connectivity index (χ3v) is 6.14. The van der Waals surface area contributed by atoms with Gasteiger partial charge in [-0.2, -0.15) is 0 Å². The highest BCUT2D eigenvalue weighted by molar-refractivity contribution is 5.79. The average Bonchev–Trinajstić information content (AvgIpc) is 3.19. The Hall–Kier alpha value is -0.810. The molecule has 0 amide bonds. The van der Waals surface area contributed by atoms with Crippen LogP contribution in [0.2, 0.25) is 0 Å². The molecular weight excluding hydrogens is 322 g/mol. The van der Waals surface area contributed by atoms with E-state index in [1.165, 1.54) is 77.7 Å². The zero-order valence-electron chi connectivity index (χ0n) is 17.6. The molecule has 2 aliphatic rings. The molecule has 2 rings (SSSR count). The van der Waals surface area contributed by atoms with E-state index in [1.54, 1.807) is 0 Å². The number of unbranched alkanes of at least 4 members (excludes halogenated alkanes) is 1. The van der Waals surface area contributed by atoms with E-state index in [9.17, 15) is 0 Å². The third kappa shape index (κ3) is 7.83. The van der Waals surface area contributed by atoms with Crippen LogP contribution in [0.4, 0.5) is 0 Å². The maximum atomic E-state index is 4.84. The van der Waals surface area contributed by atoms with Gasteiger partial charge in [0.2, 0.25) is 0 Å². The Labute approximate surface area is 162 Å². The zero-order chi connectivity index (χ0) is 18.6. The molecule has 1 unspecified atom stereocenters. The molecule has 1 saturated heterocycles. The largest absolute Gasteiger partial charge is 0.357 e. The Morgan fingerprint density at radius 3 is 2.42 bits per heavy atom. The molecule has 2 N–H and O–H groups in total. The second-order valence-electron chi connectivity index (χ2n) is 8.11. The molecule has 152 valence electrons. The maximum absolute atomic E-state index is 4.84. The number of rotatable bonds is 10.